The highest BCUT2D eigenvalue weighted by atomic mass is 16.3. The van der Waals surface area contributed by atoms with Crippen LogP contribution in [-0.2, 0) is 0 Å². The molecule has 3 N–H and O–H groups in total. The van der Waals surface area contributed by atoms with Gasteiger partial charge in [0.2, 0.25) is 0 Å². The van der Waals surface area contributed by atoms with Crippen LogP contribution < -0.4 is 0 Å². The Balaban J connectivity index is -0.000000593. The highest BCUT2D eigenvalue weighted by molar-refractivity contribution is 4.50. The van der Waals surface area contributed by atoms with Gasteiger partial charge in [0.1, 0.15) is 0 Å². The molecule has 0 spiro atoms. The lowest BCUT2D eigenvalue weighted by molar-refractivity contribution is 0.282. The third-order valence-electron chi connectivity index (χ3n) is 9.04. The van der Waals surface area contributed by atoms with Gasteiger partial charge in [-0.1, -0.05) is 233 Å². The van der Waals surface area contributed by atoms with Gasteiger partial charge in [0.15, 0.2) is 0 Å². The highest BCUT2D eigenvalue weighted by Gasteiger charge is 1.95. The van der Waals surface area contributed by atoms with Gasteiger partial charge in [-0.25, -0.2) is 0 Å². The minimum Gasteiger partial charge on any atom is -0.396 e. The quantitative estimate of drug-likeness (QED) is 0.0596. The molecule has 0 unspecified atom stereocenters. The first-order valence-corrected chi connectivity index (χ1v) is 21.1. The molecule has 3 nitrogen and oxygen atoms in total. The fraction of sp³-hybridized carbons (Fsp3) is 1.00. The van der Waals surface area contributed by atoms with Crippen LogP contribution >= 0.6 is 0 Å². The fourth-order valence-electron chi connectivity index (χ4n) is 5.86. The van der Waals surface area contributed by atoms with Crippen LogP contribution in [0.5, 0.6) is 0 Å². The molecule has 0 aliphatic heterocycles. The van der Waals surface area contributed by atoms with E-state index in [4.69, 9.17) is 15.3 Å². The van der Waals surface area contributed by atoms with Gasteiger partial charge in [-0.05, 0) is 19.3 Å². The van der Waals surface area contributed by atoms with E-state index in [9.17, 15) is 0 Å². The van der Waals surface area contributed by atoms with Gasteiger partial charge < -0.3 is 15.3 Å². The standard InChI is InChI=1S/C16H34O.C14H30O.C12H26O/c1-2-3-4-5-6-7-8-9-10-11-12-13-14-15-16-17;1-2-3-4-5-6-7-8-9-10-11-12-13-14-15;1-2-3-4-5-6-7-8-9-10-11-12-13/h17H,2-16H2,1H3;15H,2-14H2,1H3;13H,2-12H2,1H3. The largest absolute Gasteiger partial charge is 0.396 e. The summed E-state index contributed by atoms with van der Waals surface area (Å²) >= 11 is 0. The topological polar surface area (TPSA) is 60.7 Å². The summed E-state index contributed by atoms with van der Waals surface area (Å²) in [5, 5.41) is 25.8. The number of aliphatic hydroxyl groups excluding tert-OH is 3. The van der Waals surface area contributed by atoms with E-state index in [0.717, 1.165) is 19.3 Å². The Morgan fingerprint density at radius 1 is 0.178 bits per heavy atom. The minimum atomic E-state index is 0.372. The van der Waals surface area contributed by atoms with Crippen LogP contribution in [0.1, 0.15) is 252 Å². The first-order valence-electron chi connectivity index (χ1n) is 21.1. The Kier molecular flexibility index (Phi) is 58.4. The lowest BCUT2D eigenvalue weighted by atomic mass is 10.0. The molecule has 0 heterocycles. The molecule has 0 aliphatic carbocycles. The van der Waals surface area contributed by atoms with Gasteiger partial charge in [-0.15, -0.1) is 0 Å². The molecule has 45 heavy (non-hydrogen) atoms. The first-order chi connectivity index (χ1) is 22.2. The molecule has 0 bridgehead atoms. The summed E-state index contributed by atoms with van der Waals surface area (Å²) in [4.78, 5) is 0. The number of hydrogen-bond acceptors (Lipinski definition) is 3. The lowest BCUT2D eigenvalue weighted by Gasteiger charge is -2.02. The average Bonchev–Trinajstić information content (AvgIpc) is 3.06. The molecule has 3 heteroatoms. The molecule has 0 aliphatic rings. The Hall–Kier alpha value is -0.120. The molecule has 0 aromatic rings. The van der Waals surface area contributed by atoms with E-state index < -0.39 is 0 Å². The SMILES string of the molecule is CCCCCCCCCCCCCCCCO.CCCCCCCCCCCCCCO.CCCCCCCCCCCCO. The maximum atomic E-state index is 8.64. The third-order valence-corrected chi connectivity index (χ3v) is 9.04. The van der Waals surface area contributed by atoms with E-state index in [2.05, 4.69) is 20.8 Å². The van der Waals surface area contributed by atoms with Crippen molar-refractivity contribution in [2.24, 2.45) is 0 Å². The fourth-order valence-corrected chi connectivity index (χ4v) is 5.86. The van der Waals surface area contributed by atoms with Gasteiger partial charge in [-0.2, -0.15) is 0 Å². The molecule has 0 amide bonds. The van der Waals surface area contributed by atoms with Crippen LogP contribution in [0.2, 0.25) is 0 Å². The lowest BCUT2D eigenvalue weighted by Crippen LogP contribution is -1.84. The second-order valence-electron chi connectivity index (χ2n) is 13.8. The summed E-state index contributed by atoms with van der Waals surface area (Å²) in [5.74, 6) is 0. The van der Waals surface area contributed by atoms with Crippen molar-refractivity contribution in [1.82, 2.24) is 0 Å². The van der Waals surface area contributed by atoms with Gasteiger partial charge in [0.05, 0.1) is 0 Å². The van der Waals surface area contributed by atoms with E-state index >= 15 is 0 Å². The molecule has 0 saturated heterocycles. The maximum Gasteiger partial charge on any atom is 0.0431 e. The molecular weight excluding hydrogens is 552 g/mol. The van der Waals surface area contributed by atoms with E-state index in [0.29, 0.717) is 19.8 Å². The zero-order valence-electron chi connectivity index (χ0n) is 31.9. The van der Waals surface area contributed by atoms with Crippen LogP contribution in [0.15, 0.2) is 0 Å². The van der Waals surface area contributed by atoms with Crippen molar-refractivity contribution in [1.29, 1.82) is 0 Å². The smallest absolute Gasteiger partial charge is 0.0431 e. The summed E-state index contributed by atoms with van der Waals surface area (Å²) < 4.78 is 0. The van der Waals surface area contributed by atoms with Crippen LogP contribution in [0.25, 0.3) is 0 Å². The monoisotopic (exact) mass is 643 g/mol. The summed E-state index contributed by atoms with van der Waals surface area (Å²) in [7, 11) is 0. The molecule has 0 aromatic heterocycles. The van der Waals surface area contributed by atoms with E-state index in [1.165, 1.54) is 212 Å². The van der Waals surface area contributed by atoms with Crippen molar-refractivity contribution in [3.05, 3.63) is 0 Å². The predicted octanol–water partition coefficient (Wildman–Crippen LogP) is 14.0. The zero-order valence-corrected chi connectivity index (χ0v) is 31.9. The number of hydrogen-bond donors (Lipinski definition) is 3. The average molecular weight is 643 g/mol. The van der Waals surface area contributed by atoms with Crippen molar-refractivity contribution in [2.75, 3.05) is 19.8 Å². The van der Waals surface area contributed by atoms with E-state index in [1.54, 1.807) is 0 Å². The molecule has 0 aromatic carbocycles. The summed E-state index contributed by atoms with van der Waals surface area (Å²) in [6.45, 7) is 7.92. The van der Waals surface area contributed by atoms with Crippen molar-refractivity contribution >= 4 is 0 Å². The van der Waals surface area contributed by atoms with Gasteiger partial charge in [0.25, 0.3) is 0 Å². The molecule has 0 rings (SSSR count). The van der Waals surface area contributed by atoms with Crippen molar-refractivity contribution < 1.29 is 15.3 Å². The van der Waals surface area contributed by atoms with E-state index in [1.807, 2.05) is 0 Å². The number of aliphatic hydroxyl groups is 3. The van der Waals surface area contributed by atoms with Crippen LogP contribution in [-0.4, -0.2) is 35.1 Å². The van der Waals surface area contributed by atoms with Crippen LogP contribution in [0.3, 0.4) is 0 Å². The summed E-state index contributed by atoms with van der Waals surface area (Å²) in [5.41, 5.74) is 0. The number of rotatable bonds is 36. The first kappa shape index (κ1) is 49.3. The second kappa shape index (κ2) is 53.4. The van der Waals surface area contributed by atoms with Gasteiger partial charge in [0, 0.05) is 19.8 Å². The Morgan fingerprint density at radius 3 is 0.400 bits per heavy atom. The van der Waals surface area contributed by atoms with Crippen molar-refractivity contribution in [3.8, 4) is 0 Å². The molecule has 276 valence electrons. The zero-order chi connectivity index (χ0) is 33.6. The number of unbranched alkanes of at least 4 members (excludes halogenated alkanes) is 33. The Morgan fingerprint density at radius 2 is 0.289 bits per heavy atom. The molecule has 0 saturated carbocycles. The molecule has 0 atom stereocenters. The normalized spacial score (nSPS) is 10.8. The van der Waals surface area contributed by atoms with Gasteiger partial charge >= 0.3 is 0 Å². The minimum absolute atomic E-state index is 0.372. The highest BCUT2D eigenvalue weighted by Crippen LogP contribution is 2.14. The summed E-state index contributed by atoms with van der Waals surface area (Å²) in [6.07, 6.45) is 48.8. The molecule has 0 fully saturated rings. The van der Waals surface area contributed by atoms with Crippen LogP contribution in [0, 0.1) is 0 Å². The maximum absolute atomic E-state index is 8.64. The van der Waals surface area contributed by atoms with Crippen molar-refractivity contribution in [2.45, 2.75) is 252 Å². The molecule has 0 radical (unpaired) electrons. The van der Waals surface area contributed by atoms with Gasteiger partial charge in [-0.3, -0.25) is 0 Å². The Bertz CT molecular complexity index is 392. The molecular formula is C42H90O3. The third kappa shape index (κ3) is 59.8. The Labute approximate surface area is 286 Å². The summed E-state index contributed by atoms with van der Waals surface area (Å²) in [6, 6.07) is 0. The second-order valence-corrected chi connectivity index (χ2v) is 13.8. The predicted molar refractivity (Wildman–Crippen MR) is 204 cm³/mol. The van der Waals surface area contributed by atoms with E-state index in [-0.39, 0.29) is 0 Å². The van der Waals surface area contributed by atoms with Crippen molar-refractivity contribution in [3.63, 3.8) is 0 Å². The van der Waals surface area contributed by atoms with Crippen LogP contribution in [0.4, 0.5) is 0 Å².